The molecule has 1 amide bonds. The third kappa shape index (κ3) is 4.66. The maximum absolute atomic E-state index is 13.4. The molecule has 2 aliphatic heterocycles. The highest BCUT2D eigenvalue weighted by atomic mass is 16.3. The van der Waals surface area contributed by atoms with Gasteiger partial charge in [-0.15, -0.1) is 0 Å². The van der Waals surface area contributed by atoms with Crippen molar-refractivity contribution in [3.05, 3.63) is 51.6 Å². The SMILES string of the molecule is CC(=O)c1c(C)c2cnc(Nc3ccc(C(=O)N4CC(O)([C@@H]5CCCCN5)C4)cn3)nc2n(C2CCCC2)c1=O. The van der Waals surface area contributed by atoms with Crippen LogP contribution in [0.1, 0.15) is 84.2 Å². The van der Waals surface area contributed by atoms with E-state index in [9.17, 15) is 19.5 Å². The van der Waals surface area contributed by atoms with E-state index in [4.69, 9.17) is 0 Å². The Kier molecular flexibility index (Phi) is 6.87. The number of hydrogen-bond acceptors (Lipinski definition) is 9. The fourth-order valence-electron chi connectivity index (χ4n) is 6.49. The molecule has 0 unspecified atom stereocenters. The third-order valence-corrected chi connectivity index (χ3v) is 8.68. The van der Waals surface area contributed by atoms with Crippen molar-refractivity contribution in [1.29, 1.82) is 0 Å². The number of ketones is 1. The minimum absolute atomic E-state index is 0.00655. The molecule has 2 saturated heterocycles. The summed E-state index contributed by atoms with van der Waals surface area (Å²) in [5.41, 5.74) is 0.550. The number of aromatic nitrogens is 4. The van der Waals surface area contributed by atoms with Crippen LogP contribution in [0, 0.1) is 6.92 Å². The standard InChI is InChI=1S/C29H35N7O4/c1-17-21-14-32-28(34-25(21)36(20-7-3-4-8-20)27(39)24(17)18(2)37)33-23-11-10-19(13-31-23)26(38)35-15-29(40,16-35)22-9-5-6-12-30-22/h10-11,13-14,20,22,30,40H,3-9,12,15-16H2,1-2H3,(H,31,32,33,34)/t22-/m0/s1. The number of carbonyl (C=O) groups is 2. The lowest BCUT2D eigenvalue weighted by Gasteiger charge is -2.51. The number of likely N-dealkylation sites (tertiary alicyclic amines) is 1. The highest BCUT2D eigenvalue weighted by Crippen LogP contribution is 2.33. The molecule has 3 N–H and O–H groups in total. The van der Waals surface area contributed by atoms with Crippen molar-refractivity contribution in [2.24, 2.45) is 0 Å². The number of amides is 1. The van der Waals surface area contributed by atoms with Crippen molar-refractivity contribution in [1.82, 2.24) is 29.7 Å². The summed E-state index contributed by atoms with van der Waals surface area (Å²) in [6.45, 7) is 4.70. The van der Waals surface area contributed by atoms with E-state index in [-0.39, 0.29) is 40.8 Å². The maximum Gasteiger partial charge on any atom is 0.263 e. The van der Waals surface area contributed by atoms with Crippen LogP contribution >= 0.6 is 0 Å². The predicted molar refractivity (Wildman–Crippen MR) is 150 cm³/mol. The molecule has 0 spiro atoms. The summed E-state index contributed by atoms with van der Waals surface area (Å²) in [4.78, 5) is 53.9. The smallest absolute Gasteiger partial charge is 0.263 e. The molecule has 5 heterocycles. The quantitative estimate of drug-likeness (QED) is 0.399. The number of anilines is 2. The highest BCUT2D eigenvalue weighted by Gasteiger charge is 2.49. The number of pyridine rings is 2. The molecule has 3 fully saturated rings. The number of fused-ring (bicyclic) bond motifs is 1. The Morgan fingerprint density at radius 1 is 1.07 bits per heavy atom. The minimum Gasteiger partial charge on any atom is -0.385 e. The van der Waals surface area contributed by atoms with Crippen molar-refractivity contribution >= 4 is 34.5 Å². The predicted octanol–water partition coefficient (Wildman–Crippen LogP) is 2.89. The van der Waals surface area contributed by atoms with Crippen molar-refractivity contribution in [3.8, 4) is 0 Å². The van der Waals surface area contributed by atoms with Gasteiger partial charge in [-0.3, -0.25) is 19.0 Å². The largest absolute Gasteiger partial charge is 0.385 e. The van der Waals surface area contributed by atoms with Gasteiger partial charge in [0.1, 0.15) is 17.1 Å². The zero-order valence-electron chi connectivity index (χ0n) is 22.9. The maximum atomic E-state index is 13.4. The Labute approximate surface area is 232 Å². The van der Waals surface area contributed by atoms with Crippen LogP contribution in [-0.2, 0) is 0 Å². The lowest BCUT2D eigenvalue weighted by atomic mass is 9.81. The van der Waals surface area contributed by atoms with E-state index >= 15 is 0 Å². The molecule has 40 heavy (non-hydrogen) atoms. The first kappa shape index (κ1) is 26.5. The number of rotatable bonds is 6. The van der Waals surface area contributed by atoms with Crippen molar-refractivity contribution < 1.29 is 14.7 Å². The average molecular weight is 546 g/mol. The van der Waals surface area contributed by atoms with E-state index in [0.717, 1.165) is 51.5 Å². The van der Waals surface area contributed by atoms with Gasteiger partial charge in [-0.2, -0.15) is 4.98 Å². The minimum atomic E-state index is -0.874. The van der Waals surface area contributed by atoms with Gasteiger partial charge in [-0.1, -0.05) is 19.3 Å². The zero-order valence-corrected chi connectivity index (χ0v) is 22.9. The van der Waals surface area contributed by atoms with E-state index in [1.165, 1.54) is 13.1 Å². The molecule has 6 rings (SSSR count). The molecule has 1 aliphatic carbocycles. The van der Waals surface area contributed by atoms with Crippen molar-refractivity contribution in [2.75, 3.05) is 25.0 Å². The molecule has 3 aromatic rings. The second-order valence-electron chi connectivity index (χ2n) is 11.4. The first-order chi connectivity index (χ1) is 19.2. The van der Waals surface area contributed by atoms with Gasteiger partial charge in [0.05, 0.1) is 24.2 Å². The zero-order chi connectivity index (χ0) is 28.0. The summed E-state index contributed by atoms with van der Waals surface area (Å²) in [5.74, 6) is 0.298. The molecular weight excluding hydrogens is 510 g/mol. The third-order valence-electron chi connectivity index (χ3n) is 8.68. The molecule has 210 valence electrons. The van der Waals surface area contributed by atoms with E-state index in [0.29, 0.717) is 41.1 Å². The average Bonchev–Trinajstić information content (AvgIpc) is 3.46. The van der Waals surface area contributed by atoms with Crippen LogP contribution < -0.4 is 16.2 Å². The van der Waals surface area contributed by atoms with Gasteiger partial charge in [-0.25, -0.2) is 9.97 Å². The highest BCUT2D eigenvalue weighted by molar-refractivity contribution is 5.99. The number of β-amino-alcohol motifs (C(OH)–C–C–N with tert-alkyl or cyclic N) is 1. The number of nitrogens with one attached hydrogen (secondary N) is 2. The van der Waals surface area contributed by atoms with Gasteiger partial charge >= 0.3 is 0 Å². The van der Waals surface area contributed by atoms with Gasteiger partial charge in [0, 0.05) is 29.9 Å². The molecule has 11 nitrogen and oxygen atoms in total. The van der Waals surface area contributed by atoms with Gasteiger partial charge in [0.2, 0.25) is 5.95 Å². The Bertz CT molecular complexity index is 1520. The summed E-state index contributed by atoms with van der Waals surface area (Å²) >= 11 is 0. The van der Waals surface area contributed by atoms with Crippen molar-refractivity contribution in [3.63, 3.8) is 0 Å². The number of nitrogens with zero attached hydrogens (tertiary/aromatic N) is 5. The Morgan fingerprint density at radius 2 is 1.82 bits per heavy atom. The summed E-state index contributed by atoms with van der Waals surface area (Å²) < 4.78 is 1.67. The monoisotopic (exact) mass is 545 g/mol. The Hall–Kier alpha value is -3.70. The van der Waals surface area contributed by atoms with Crippen LogP contribution in [0.25, 0.3) is 11.0 Å². The van der Waals surface area contributed by atoms with Crippen LogP contribution in [-0.4, -0.2) is 72.5 Å². The van der Waals surface area contributed by atoms with Gasteiger partial charge in [-0.05, 0) is 63.8 Å². The number of hydrogen-bond donors (Lipinski definition) is 3. The lowest BCUT2D eigenvalue weighted by molar-refractivity contribution is -0.108. The van der Waals surface area contributed by atoms with Crippen LogP contribution in [0.4, 0.5) is 11.8 Å². The van der Waals surface area contributed by atoms with Gasteiger partial charge in [0.15, 0.2) is 5.78 Å². The van der Waals surface area contributed by atoms with E-state index < -0.39 is 5.60 Å². The van der Waals surface area contributed by atoms with Crippen LogP contribution in [0.3, 0.4) is 0 Å². The number of aliphatic hydroxyl groups is 1. The first-order valence-electron chi connectivity index (χ1n) is 14.2. The van der Waals surface area contributed by atoms with Crippen LogP contribution in [0.5, 0.6) is 0 Å². The van der Waals surface area contributed by atoms with Crippen molar-refractivity contribution in [2.45, 2.75) is 76.5 Å². The summed E-state index contributed by atoms with van der Waals surface area (Å²) in [6.07, 6.45) is 10.1. The van der Waals surface area contributed by atoms with Crippen LogP contribution in [0.15, 0.2) is 29.3 Å². The number of carbonyl (C=O) groups excluding carboxylic acids is 2. The molecule has 1 atom stereocenters. The summed E-state index contributed by atoms with van der Waals surface area (Å²) in [5, 5.41) is 18.1. The molecule has 3 aromatic heterocycles. The van der Waals surface area contributed by atoms with E-state index in [2.05, 4.69) is 25.6 Å². The summed E-state index contributed by atoms with van der Waals surface area (Å²) in [6, 6.07) is 3.39. The molecule has 11 heteroatoms. The second kappa shape index (κ2) is 10.4. The fourth-order valence-corrected chi connectivity index (χ4v) is 6.49. The molecule has 0 bridgehead atoms. The second-order valence-corrected chi connectivity index (χ2v) is 11.4. The number of aryl methyl sites for hydroxylation is 1. The normalized spacial score (nSPS) is 20.9. The molecule has 3 aliphatic rings. The van der Waals surface area contributed by atoms with Gasteiger partial charge < -0.3 is 20.6 Å². The molecule has 0 aromatic carbocycles. The Balaban J connectivity index is 1.21. The number of Topliss-reactive ketones (excluding diaryl/α,β-unsaturated/α-hetero) is 1. The van der Waals surface area contributed by atoms with Gasteiger partial charge in [0.25, 0.3) is 11.5 Å². The first-order valence-corrected chi connectivity index (χ1v) is 14.2. The van der Waals surface area contributed by atoms with E-state index in [1.54, 1.807) is 34.7 Å². The molecular formula is C29H35N7O4. The topological polar surface area (TPSA) is 142 Å². The molecule has 0 radical (unpaired) electrons. The Morgan fingerprint density at radius 3 is 2.48 bits per heavy atom. The lowest BCUT2D eigenvalue weighted by Crippen LogP contribution is -2.72. The van der Waals surface area contributed by atoms with E-state index in [1.807, 2.05) is 0 Å². The fraction of sp³-hybridized carbons (Fsp3) is 0.517. The number of piperidine rings is 1. The summed E-state index contributed by atoms with van der Waals surface area (Å²) in [7, 11) is 0. The van der Waals surface area contributed by atoms with Crippen LogP contribution in [0.2, 0.25) is 0 Å². The molecule has 1 saturated carbocycles.